The van der Waals surface area contributed by atoms with E-state index in [4.69, 9.17) is 23.2 Å². The molecule has 4 nitrogen and oxygen atoms in total. The Balaban J connectivity index is 2.20. The molecule has 2 aromatic carbocycles. The van der Waals surface area contributed by atoms with Crippen LogP contribution in [0.4, 0.5) is 0 Å². The summed E-state index contributed by atoms with van der Waals surface area (Å²) in [6.07, 6.45) is 1.03. The Hall–Kier alpha value is -2.04. The van der Waals surface area contributed by atoms with E-state index in [0.29, 0.717) is 16.6 Å². The van der Waals surface area contributed by atoms with Crippen LogP contribution in [-0.4, -0.2) is 28.8 Å². The number of nitrogens with one attached hydrogen (secondary N) is 1. The van der Waals surface area contributed by atoms with Crippen LogP contribution < -0.4 is 5.32 Å². The number of benzene rings is 2. The van der Waals surface area contributed by atoms with E-state index in [9.17, 15) is 9.59 Å². The Morgan fingerprint density at radius 1 is 0.929 bits per heavy atom. The molecule has 2 amide bonds. The van der Waals surface area contributed by atoms with Crippen LogP contribution in [-0.2, 0) is 22.6 Å². The highest BCUT2D eigenvalue weighted by molar-refractivity contribution is 6.30. The largest absolute Gasteiger partial charge is 0.352 e. The van der Waals surface area contributed by atoms with Crippen LogP contribution in [0.15, 0.2) is 48.5 Å². The van der Waals surface area contributed by atoms with Gasteiger partial charge in [-0.2, -0.15) is 0 Å². The molecule has 6 heteroatoms. The van der Waals surface area contributed by atoms with Crippen molar-refractivity contribution in [1.29, 1.82) is 0 Å². The molecule has 0 radical (unpaired) electrons. The smallest absolute Gasteiger partial charge is 0.242 e. The van der Waals surface area contributed by atoms with Crippen molar-refractivity contribution >= 4 is 35.0 Å². The average Bonchev–Trinajstić information content (AvgIpc) is 2.68. The fourth-order valence-corrected chi connectivity index (χ4v) is 2.97. The summed E-state index contributed by atoms with van der Waals surface area (Å²) in [6, 6.07) is 13.9. The molecule has 0 saturated heterocycles. The lowest BCUT2D eigenvalue weighted by Gasteiger charge is -2.30. The molecule has 2 aromatic rings. The van der Waals surface area contributed by atoms with Gasteiger partial charge in [-0.05, 0) is 55.7 Å². The molecule has 0 saturated carbocycles. The van der Waals surface area contributed by atoms with Gasteiger partial charge >= 0.3 is 0 Å². The first-order chi connectivity index (χ1) is 13.3. The highest BCUT2D eigenvalue weighted by atomic mass is 35.5. The van der Waals surface area contributed by atoms with Crippen LogP contribution in [0.25, 0.3) is 0 Å². The number of carbonyl (C=O) groups excluding carboxylic acids is 2. The molecule has 0 bridgehead atoms. The minimum absolute atomic E-state index is 0.0544. The van der Waals surface area contributed by atoms with Crippen molar-refractivity contribution in [3.05, 3.63) is 69.7 Å². The maximum Gasteiger partial charge on any atom is 0.242 e. The Bertz CT molecular complexity index is 791. The Kier molecular flexibility index (Phi) is 8.34. The van der Waals surface area contributed by atoms with Gasteiger partial charge in [0.15, 0.2) is 0 Å². The van der Waals surface area contributed by atoms with E-state index in [-0.39, 0.29) is 24.3 Å². The molecule has 0 aliphatic rings. The molecule has 150 valence electrons. The van der Waals surface area contributed by atoms with Crippen molar-refractivity contribution in [2.24, 2.45) is 0 Å². The molecule has 1 N–H and O–H groups in total. The first-order valence-corrected chi connectivity index (χ1v) is 10.1. The quantitative estimate of drug-likeness (QED) is 0.661. The number of carbonyl (C=O) groups is 2. The summed E-state index contributed by atoms with van der Waals surface area (Å²) >= 11 is 11.9. The number of nitrogens with zero attached hydrogens (tertiary/aromatic N) is 1. The van der Waals surface area contributed by atoms with Gasteiger partial charge in [0, 0.05) is 22.6 Å². The highest BCUT2D eigenvalue weighted by Crippen LogP contribution is 2.16. The normalized spacial score (nSPS) is 12.9. The molecular weight excluding hydrogens is 395 g/mol. The van der Waals surface area contributed by atoms with Crippen molar-refractivity contribution < 1.29 is 9.59 Å². The zero-order valence-electron chi connectivity index (χ0n) is 16.4. The van der Waals surface area contributed by atoms with E-state index >= 15 is 0 Å². The number of amides is 2. The standard InChI is InChI=1S/C22H26Cl2N2O2/c1-4-15(2)25-22(28)16(3)26(14-18-7-11-20(24)12-8-18)21(27)13-17-5-9-19(23)10-6-17/h5-12,15-16H,4,13-14H2,1-3H3,(H,25,28)/t15-,16+/m1/s1. The first kappa shape index (κ1) is 22.3. The third-order valence-electron chi connectivity index (χ3n) is 4.70. The lowest BCUT2D eigenvalue weighted by molar-refractivity contribution is -0.140. The summed E-state index contributed by atoms with van der Waals surface area (Å²) in [5.74, 6) is -0.281. The van der Waals surface area contributed by atoms with E-state index in [1.807, 2.05) is 38.1 Å². The SMILES string of the molecule is CC[C@@H](C)NC(=O)[C@H](C)N(Cc1ccc(Cl)cc1)C(=O)Cc1ccc(Cl)cc1. The van der Waals surface area contributed by atoms with E-state index < -0.39 is 6.04 Å². The van der Waals surface area contributed by atoms with Crippen LogP contribution in [0, 0.1) is 0 Å². The first-order valence-electron chi connectivity index (χ1n) is 9.39. The Labute approximate surface area is 176 Å². The molecule has 0 heterocycles. The van der Waals surface area contributed by atoms with E-state index in [2.05, 4.69) is 5.32 Å². The number of hydrogen-bond acceptors (Lipinski definition) is 2. The van der Waals surface area contributed by atoms with Gasteiger partial charge in [0.2, 0.25) is 11.8 Å². The van der Waals surface area contributed by atoms with Crippen LogP contribution in [0.2, 0.25) is 10.0 Å². The van der Waals surface area contributed by atoms with Crippen molar-refractivity contribution in [2.75, 3.05) is 0 Å². The highest BCUT2D eigenvalue weighted by Gasteiger charge is 2.26. The molecule has 2 rings (SSSR count). The number of halogens is 2. The van der Waals surface area contributed by atoms with Crippen molar-refractivity contribution in [1.82, 2.24) is 10.2 Å². The number of hydrogen-bond donors (Lipinski definition) is 1. The Morgan fingerprint density at radius 3 is 1.93 bits per heavy atom. The predicted octanol–water partition coefficient (Wildman–Crippen LogP) is 4.87. The van der Waals surface area contributed by atoms with Gasteiger partial charge in [0.1, 0.15) is 6.04 Å². The topological polar surface area (TPSA) is 49.4 Å². The summed E-state index contributed by atoms with van der Waals surface area (Å²) in [5.41, 5.74) is 1.77. The summed E-state index contributed by atoms with van der Waals surface area (Å²) in [4.78, 5) is 27.3. The minimum atomic E-state index is -0.593. The average molecular weight is 421 g/mol. The second-order valence-corrected chi connectivity index (χ2v) is 7.82. The van der Waals surface area contributed by atoms with Crippen molar-refractivity contribution in [3.8, 4) is 0 Å². The molecule has 28 heavy (non-hydrogen) atoms. The summed E-state index contributed by atoms with van der Waals surface area (Å²) in [6.45, 7) is 6.04. The van der Waals surface area contributed by atoms with Crippen LogP contribution >= 0.6 is 23.2 Å². The van der Waals surface area contributed by atoms with Crippen LogP contribution in [0.5, 0.6) is 0 Å². The second-order valence-electron chi connectivity index (χ2n) is 6.95. The number of rotatable bonds is 8. The molecule has 0 aliphatic carbocycles. The summed E-state index contributed by atoms with van der Waals surface area (Å²) in [7, 11) is 0. The lowest BCUT2D eigenvalue weighted by atomic mass is 10.1. The monoisotopic (exact) mass is 420 g/mol. The van der Waals surface area contributed by atoms with E-state index in [0.717, 1.165) is 17.5 Å². The maximum absolute atomic E-state index is 13.1. The molecule has 0 unspecified atom stereocenters. The Morgan fingerprint density at radius 2 is 1.43 bits per heavy atom. The fraction of sp³-hybridized carbons (Fsp3) is 0.364. The van der Waals surface area contributed by atoms with Crippen LogP contribution in [0.3, 0.4) is 0 Å². The molecule has 0 fully saturated rings. The third-order valence-corrected chi connectivity index (χ3v) is 5.21. The summed E-state index contributed by atoms with van der Waals surface area (Å²) in [5, 5.41) is 4.21. The maximum atomic E-state index is 13.1. The zero-order chi connectivity index (χ0) is 20.7. The molecule has 0 spiro atoms. The van der Waals surface area contributed by atoms with Gasteiger partial charge < -0.3 is 10.2 Å². The van der Waals surface area contributed by atoms with Gasteiger partial charge in [0.05, 0.1) is 6.42 Å². The van der Waals surface area contributed by atoms with Crippen molar-refractivity contribution in [2.45, 2.75) is 52.2 Å². The minimum Gasteiger partial charge on any atom is -0.352 e. The summed E-state index contributed by atoms with van der Waals surface area (Å²) < 4.78 is 0. The van der Waals surface area contributed by atoms with Crippen molar-refractivity contribution in [3.63, 3.8) is 0 Å². The molecule has 0 aromatic heterocycles. The van der Waals surface area contributed by atoms with Crippen LogP contribution in [0.1, 0.15) is 38.3 Å². The molecule has 2 atom stereocenters. The second kappa shape index (κ2) is 10.5. The van der Waals surface area contributed by atoms with Gasteiger partial charge in [-0.25, -0.2) is 0 Å². The predicted molar refractivity (Wildman–Crippen MR) is 115 cm³/mol. The van der Waals surface area contributed by atoms with Gasteiger partial charge in [-0.1, -0.05) is 54.4 Å². The zero-order valence-corrected chi connectivity index (χ0v) is 17.9. The third kappa shape index (κ3) is 6.54. The lowest BCUT2D eigenvalue weighted by Crippen LogP contribution is -2.49. The van der Waals surface area contributed by atoms with Gasteiger partial charge in [-0.15, -0.1) is 0 Å². The van der Waals surface area contributed by atoms with E-state index in [1.54, 1.807) is 36.1 Å². The molecule has 0 aliphatic heterocycles. The fourth-order valence-electron chi connectivity index (χ4n) is 2.71. The van der Waals surface area contributed by atoms with Gasteiger partial charge in [0.25, 0.3) is 0 Å². The van der Waals surface area contributed by atoms with Gasteiger partial charge in [-0.3, -0.25) is 9.59 Å². The molecular formula is C22H26Cl2N2O2. The van der Waals surface area contributed by atoms with E-state index in [1.165, 1.54) is 0 Å².